The minimum absolute atomic E-state index is 0.305. The van der Waals surface area contributed by atoms with E-state index in [1.807, 2.05) is 0 Å². The third-order valence-electron chi connectivity index (χ3n) is 3.20. The van der Waals surface area contributed by atoms with E-state index >= 15 is 0 Å². The third kappa shape index (κ3) is 4.13. The van der Waals surface area contributed by atoms with E-state index in [-0.39, 0.29) is 0 Å². The van der Waals surface area contributed by atoms with Crippen molar-refractivity contribution in [3.05, 3.63) is 34.4 Å². The number of hydrogen-bond acceptors (Lipinski definition) is 3. The van der Waals surface area contributed by atoms with E-state index in [0.717, 1.165) is 13.0 Å². The van der Waals surface area contributed by atoms with Gasteiger partial charge < -0.3 is 16.2 Å². The molecule has 0 bridgehead atoms. The summed E-state index contributed by atoms with van der Waals surface area (Å²) in [5, 5.41) is 11.7. The van der Waals surface area contributed by atoms with Crippen LogP contribution in [0, 0.1) is 20.8 Å². The van der Waals surface area contributed by atoms with Crippen LogP contribution in [0.2, 0.25) is 0 Å². The van der Waals surface area contributed by atoms with Crippen LogP contribution in [0.25, 0.3) is 0 Å². The Kier molecular flexibility index (Phi) is 5.31. The van der Waals surface area contributed by atoms with Crippen LogP contribution in [0.5, 0.6) is 0 Å². The fraction of sp³-hybridized carbons (Fsp3) is 0.500. The Morgan fingerprint density at radius 2 is 1.89 bits per heavy atom. The van der Waals surface area contributed by atoms with Crippen LogP contribution in [-0.2, 0) is 11.2 Å². The first-order valence-electron chi connectivity index (χ1n) is 6.17. The molecule has 1 rings (SSSR count). The lowest BCUT2D eigenvalue weighted by Gasteiger charge is -2.11. The minimum Gasteiger partial charge on any atom is -0.480 e. The van der Waals surface area contributed by atoms with Crippen LogP contribution < -0.4 is 11.1 Å². The van der Waals surface area contributed by atoms with Crippen molar-refractivity contribution in [3.8, 4) is 0 Å². The fourth-order valence-electron chi connectivity index (χ4n) is 1.86. The Labute approximate surface area is 108 Å². The molecule has 1 unspecified atom stereocenters. The molecular formula is C14H22N2O2. The number of nitrogens with one attached hydrogen (secondary N) is 1. The molecule has 100 valence electrons. The van der Waals surface area contributed by atoms with Gasteiger partial charge in [-0.2, -0.15) is 0 Å². The Morgan fingerprint density at radius 3 is 2.50 bits per heavy atom. The molecular weight excluding hydrogens is 228 g/mol. The molecule has 4 N–H and O–H groups in total. The Morgan fingerprint density at radius 1 is 1.28 bits per heavy atom. The van der Waals surface area contributed by atoms with Gasteiger partial charge in [-0.15, -0.1) is 0 Å². The molecule has 1 atom stereocenters. The van der Waals surface area contributed by atoms with Crippen LogP contribution >= 0.6 is 0 Å². The first-order valence-corrected chi connectivity index (χ1v) is 6.17. The summed E-state index contributed by atoms with van der Waals surface area (Å²) in [6.45, 7) is 7.36. The first-order chi connectivity index (χ1) is 8.41. The van der Waals surface area contributed by atoms with Crippen molar-refractivity contribution in [1.29, 1.82) is 0 Å². The van der Waals surface area contributed by atoms with E-state index in [2.05, 4.69) is 38.2 Å². The SMILES string of the molecule is Cc1cc(C)c(CCNCC(N)C(=O)O)cc1C. The van der Waals surface area contributed by atoms with Crippen LogP contribution in [0.15, 0.2) is 12.1 Å². The second-order valence-corrected chi connectivity index (χ2v) is 4.76. The van der Waals surface area contributed by atoms with Gasteiger partial charge in [0.15, 0.2) is 0 Å². The quantitative estimate of drug-likeness (QED) is 0.662. The topological polar surface area (TPSA) is 75.3 Å². The summed E-state index contributed by atoms with van der Waals surface area (Å²) in [5.74, 6) is -0.968. The lowest BCUT2D eigenvalue weighted by atomic mass is 9.99. The zero-order chi connectivity index (χ0) is 13.7. The Bertz CT molecular complexity index is 430. The van der Waals surface area contributed by atoms with Gasteiger partial charge >= 0.3 is 5.97 Å². The number of hydrogen-bond donors (Lipinski definition) is 3. The van der Waals surface area contributed by atoms with Crippen LogP contribution in [0.4, 0.5) is 0 Å². The molecule has 0 amide bonds. The molecule has 0 saturated carbocycles. The molecule has 4 nitrogen and oxygen atoms in total. The number of aryl methyl sites for hydroxylation is 3. The molecule has 0 aromatic heterocycles. The van der Waals surface area contributed by atoms with Crippen LogP contribution in [0.1, 0.15) is 22.3 Å². The molecule has 1 aromatic carbocycles. The highest BCUT2D eigenvalue weighted by Gasteiger charge is 2.10. The molecule has 0 aliphatic heterocycles. The van der Waals surface area contributed by atoms with Gasteiger partial charge in [-0.25, -0.2) is 0 Å². The maximum absolute atomic E-state index is 10.5. The standard InChI is InChI=1S/C14H22N2O2/c1-9-6-11(3)12(7-10(9)2)4-5-16-8-13(15)14(17)18/h6-7,13,16H,4-5,8,15H2,1-3H3,(H,17,18). The molecule has 0 aliphatic carbocycles. The Balaban J connectivity index is 2.45. The van der Waals surface area contributed by atoms with Crippen molar-refractivity contribution in [1.82, 2.24) is 5.32 Å². The van der Waals surface area contributed by atoms with Gasteiger partial charge in [0.05, 0.1) is 0 Å². The van der Waals surface area contributed by atoms with E-state index < -0.39 is 12.0 Å². The van der Waals surface area contributed by atoms with E-state index in [9.17, 15) is 4.79 Å². The average molecular weight is 250 g/mol. The second kappa shape index (κ2) is 6.52. The zero-order valence-corrected chi connectivity index (χ0v) is 11.3. The first kappa shape index (κ1) is 14.7. The summed E-state index contributed by atoms with van der Waals surface area (Å²) in [7, 11) is 0. The molecule has 4 heteroatoms. The van der Waals surface area contributed by atoms with E-state index in [0.29, 0.717) is 6.54 Å². The van der Waals surface area contributed by atoms with Gasteiger partial charge in [-0.1, -0.05) is 12.1 Å². The van der Waals surface area contributed by atoms with Crippen molar-refractivity contribution >= 4 is 5.97 Å². The summed E-state index contributed by atoms with van der Waals surface area (Å²) in [4.78, 5) is 10.5. The number of aliphatic carboxylic acids is 1. The smallest absolute Gasteiger partial charge is 0.321 e. The average Bonchev–Trinajstić information content (AvgIpc) is 2.30. The van der Waals surface area contributed by atoms with E-state index in [1.165, 1.54) is 22.3 Å². The maximum Gasteiger partial charge on any atom is 0.321 e. The molecule has 0 spiro atoms. The second-order valence-electron chi connectivity index (χ2n) is 4.76. The van der Waals surface area contributed by atoms with Crippen molar-refractivity contribution in [2.45, 2.75) is 33.2 Å². The van der Waals surface area contributed by atoms with Gasteiger partial charge in [-0.05, 0) is 56.0 Å². The van der Waals surface area contributed by atoms with Gasteiger partial charge in [0, 0.05) is 6.54 Å². The summed E-state index contributed by atoms with van der Waals surface area (Å²) < 4.78 is 0. The Hall–Kier alpha value is -1.39. The number of carboxylic acids is 1. The predicted octanol–water partition coefficient (Wildman–Crippen LogP) is 1.16. The maximum atomic E-state index is 10.5. The normalized spacial score (nSPS) is 12.4. The summed E-state index contributed by atoms with van der Waals surface area (Å²) in [6.07, 6.45) is 0.888. The predicted molar refractivity (Wildman–Crippen MR) is 72.8 cm³/mol. The molecule has 0 heterocycles. The number of benzene rings is 1. The lowest BCUT2D eigenvalue weighted by Crippen LogP contribution is -2.40. The monoisotopic (exact) mass is 250 g/mol. The molecule has 18 heavy (non-hydrogen) atoms. The van der Waals surface area contributed by atoms with Gasteiger partial charge in [0.2, 0.25) is 0 Å². The van der Waals surface area contributed by atoms with E-state index in [1.54, 1.807) is 0 Å². The molecule has 0 radical (unpaired) electrons. The number of rotatable bonds is 6. The third-order valence-corrected chi connectivity index (χ3v) is 3.20. The van der Waals surface area contributed by atoms with Gasteiger partial charge in [0.1, 0.15) is 6.04 Å². The number of nitrogens with two attached hydrogens (primary N) is 1. The highest BCUT2D eigenvalue weighted by Crippen LogP contribution is 2.15. The molecule has 0 saturated heterocycles. The highest BCUT2D eigenvalue weighted by molar-refractivity contribution is 5.73. The van der Waals surface area contributed by atoms with Crippen molar-refractivity contribution in [2.24, 2.45) is 5.73 Å². The van der Waals surface area contributed by atoms with Gasteiger partial charge in [0.25, 0.3) is 0 Å². The number of carbonyl (C=O) groups is 1. The molecule has 0 aliphatic rings. The summed E-state index contributed by atoms with van der Waals surface area (Å²) in [5.41, 5.74) is 10.6. The summed E-state index contributed by atoms with van der Waals surface area (Å²) in [6, 6.07) is 3.56. The molecule has 0 fully saturated rings. The highest BCUT2D eigenvalue weighted by atomic mass is 16.4. The molecule has 1 aromatic rings. The zero-order valence-electron chi connectivity index (χ0n) is 11.3. The van der Waals surface area contributed by atoms with Gasteiger partial charge in [-0.3, -0.25) is 4.79 Å². The fourth-order valence-corrected chi connectivity index (χ4v) is 1.86. The summed E-state index contributed by atoms with van der Waals surface area (Å²) >= 11 is 0. The minimum atomic E-state index is -0.968. The number of carboxylic acid groups (broad SMARTS) is 1. The van der Waals surface area contributed by atoms with Crippen molar-refractivity contribution in [2.75, 3.05) is 13.1 Å². The lowest BCUT2D eigenvalue weighted by molar-refractivity contribution is -0.138. The van der Waals surface area contributed by atoms with E-state index in [4.69, 9.17) is 10.8 Å². The van der Waals surface area contributed by atoms with Crippen LogP contribution in [-0.4, -0.2) is 30.2 Å². The largest absolute Gasteiger partial charge is 0.480 e. The van der Waals surface area contributed by atoms with Crippen molar-refractivity contribution < 1.29 is 9.90 Å². The van der Waals surface area contributed by atoms with Crippen LogP contribution in [0.3, 0.4) is 0 Å². The van der Waals surface area contributed by atoms with Crippen molar-refractivity contribution in [3.63, 3.8) is 0 Å².